The molecule has 0 saturated carbocycles. The lowest BCUT2D eigenvalue weighted by molar-refractivity contribution is 0.474. The Hall–Kier alpha value is -1.35. The third kappa shape index (κ3) is 2.67. The molecule has 0 radical (unpaired) electrons. The van der Waals surface area contributed by atoms with Crippen molar-refractivity contribution in [2.75, 3.05) is 6.54 Å². The molecular formula is C14H18FNO. The minimum Gasteiger partial charge on any atom is -0.457 e. The van der Waals surface area contributed by atoms with Crippen molar-refractivity contribution >= 4 is 11.0 Å². The second-order valence-corrected chi connectivity index (χ2v) is 4.84. The van der Waals surface area contributed by atoms with Crippen molar-refractivity contribution in [3.63, 3.8) is 0 Å². The summed E-state index contributed by atoms with van der Waals surface area (Å²) in [6, 6.07) is 5.14. The lowest BCUT2D eigenvalue weighted by atomic mass is 10.1. The molecule has 92 valence electrons. The Morgan fingerprint density at radius 3 is 2.76 bits per heavy atom. The molecule has 0 aliphatic rings. The van der Waals surface area contributed by atoms with E-state index in [9.17, 15) is 4.39 Å². The van der Waals surface area contributed by atoms with Crippen molar-refractivity contribution in [2.45, 2.75) is 27.3 Å². The van der Waals surface area contributed by atoms with Gasteiger partial charge >= 0.3 is 0 Å². The van der Waals surface area contributed by atoms with Gasteiger partial charge in [0, 0.05) is 5.39 Å². The van der Waals surface area contributed by atoms with E-state index in [2.05, 4.69) is 19.2 Å². The van der Waals surface area contributed by atoms with E-state index in [0.29, 0.717) is 18.0 Å². The molecule has 0 spiro atoms. The third-order valence-electron chi connectivity index (χ3n) is 2.76. The maximum atomic E-state index is 13.5. The molecule has 1 N–H and O–H groups in total. The molecule has 0 bridgehead atoms. The zero-order chi connectivity index (χ0) is 12.4. The Morgan fingerprint density at radius 1 is 1.35 bits per heavy atom. The van der Waals surface area contributed by atoms with Crippen LogP contribution in [0, 0.1) is 18.7 Å². The molecular weight excluding hydrogens is 217 g/mol. The van der Waals surface area contributed by atoms with E-state index in [0.717, 1.165) is 23.3 Å². The van der Waals surface area contributed by atoms with E-state index in [4.69, 9.17) is 4.42 Å². The molecule has 0 fully saturated rings. The minimum absolute atomic E-state index is 0.291. The second-order valence-electron chi connectivity index (χ2n) is 4.84. The number of nitrogens with one attached hydrogen (secondary N) is 1. The largest absolute Gasteiger partial charge is 0.457 e. The number of halogens is 1. The molecule has 0 atom stereocenters. The van der Waals surface area contributed by atoms with Crippen LogP contribution < -0.4 is 5.32 Å². The lowest BCUT2D eigenvalue weighted by Crippen LogP contribution is -2.18. The van der Waals surface area contributed by atoms with Crippen LogP contribution in [-0.4, -0.2) is 6.54 Å². The van der Waals surface area contributed by atoms with Crippen molar-refractivity contribution in [1.82, 2.24) is 5.32 Å². The monoisotopic (exact) mass is 235 g/mol. The van der Waals surface area contributed by atoms with Crippen molar-refractivity contribution in [2.24, 2.45) is 5.92 Å². The molecule has 2 rings (SSSR count). The van der Waals surface area contributed by atoms with Crippen LogP contribution in [0.25, 0.3) is 11.0 Å². The molecule has 3 heteroatoms. The van der Waals surface area contributed by atoms with Gasteiger partial charge in [-0.1, -0.05) is 19.9 Å². The first-order valence-corrected chi connectivity index (χ1v) is 5.96. The fourth-order valence-electron chi connectivity index (χ4n) is 1.85. The Morgan fingerprint density at radius 2 is 2.12 bits per heavy atom. The first-order valence-electron chi connectivity index (χ1n) is 5.96. The summed E-state index contributed by atoms with van der Waals surface area (Å²) in [7, 11) is 0. The van der Waals surface area contributed by atoms with Crippen molar-refractivity contribution in [1.29, 1.82) is 0 Å². The Balaban J connectivity index is 2.20. The van der Waals surface area contributed by atoms with E-state index in [1.54, 1.807) is 6.07 Å². The molecule has 1 heterocycles. The standard InChI is InChI=1S/C14H18FNO/c1-9(2)7-16-8-11-6-12-10(3)4-5-13(15)14(12)17-11/h4-6,9,16H,7-8H2,1-3H3. The average Bonchev–Trinajstić information content (AvgIpc) is 2.68. The van der Waals surface area contributed by atoms with Gasteiger partial charge in [0.25, 0.3) is 0 Å². The van der Waals surface area contributed by atoms with Gasteiger partial charge in [-0.25, -0.2) is 4.39 Å². The molecule has 0 saturated heterocycles. The lowest BCUT2D eigenvalue weighted by Gasteiger charge is -2.04. The highest BCUT2D eigenvalue weighted by Gasteiger charge is 2.10. The molecule has 1 aromatic heterocycles. The van der Waals surface area contributed by atoms with E-state index >= 15 is 0 Å². The van der Waals surface area contributed by atoms with Gasteiger partial charge in [0.15, 0.2) is 11.4 Å². The van der Waals surface area contributed by atoms with Gasteiger partial charge < -0.3 is 9.73 Å². The van der Waals surface area contributed by atoms with Crippen LogP contribution in [0.2, 0.25) is 0 Å². The number of rotatable bonds is 4. The molecule has 1 aromatic carbocycles. The number of furan rings is 1. The summed E-state index contributed by atoms with van der Waals surface area (Å²) in [5.41, 5.74) is 1.41. The number of hydrogen-bond acceptors (Lipinski definition) is 2. The quantitative estimate of drug-likeness (QED) is 0.875. The van der Waals surface area contributed by atoms with E-state index in [1.807, 2.05) is 13.0 Å². The van der Waals surface area contributed by atoms with E-state index < -0.39 is 0 Å². The first-order chi connectivity index (χ1) is 8.08. The summed E-state index contributed by atoms with van der Waals surface area (Å²) in [6.07, 6.45) is 0. The topological polar surface area (TPSA) is 25.2 Å². The van der Waals surface area contributed by atoms with Gasteiger partial charge in [-0.2, -0.15) is 0 Å². The zero-order valence-electron chi connectivity index (χ0n) is 10.5. The van der Waals surface area contributed by atoms with Crippen LogP contribution in [0.3, 0.4) is 0 Å². The van der Waals surface area contributed by atoms with Crippen LogP contribution in [0.1, 0.15) is 25.2 Å². The summed E-state index contributed by atoms with van der Waals surface area (Å²) in [5, 5.41) is 4.15. The average molecular weight is 235 g/mol. The molecule has 2 nitrogen and oxygen atoms in total. The molecule has 0 amide bonds. The van der Waals surface area contributed by atoms with Gasteiger partial charge in [0.2, 0.25) is 0 Å². The van der Waals surface area contributed by atoms with Gasteiger partial charge in [0.1, 0.15) is 5.76 Å². The van der Waals surface area contributed by atoms with Gasteiger partial charge in [-0.3, -0.25) is 0 Å². The van der Waals surface area contributed by atoms with Crippen LogP contribution in [0.4, 0.5) is 4.39 Å². The highest BCUT2D eigenvalue weighted by atomic mass is 19.1. The minimum atomic E-state index is -0.291. The Bertz CT molecular complexity index is 477. The normalized spacial score (nSPS) is 11.6. The van der Waals surface area contributed by atoms with Crippen LogP contribution >= 0.6 is 0 Å². The van der Waals surface area contributed by atoms with E-state index in [1.165, 1.54) is 6.07 Å². The van der Waals surface area contributed by atoms with Crippen molar-refractivity contribution in [3.8, 4) is 0 Å². The first kappa shape index (κ1) is 12.1. The van der Waals surface area contributed by atoms with Crippen molar-refractivity contribution in [3.05, 3.63) is 35.3 Å². The second kappa shape index (κ2) is 4.88. The van der Waals surface area contributed by atoms with Crippen molar-refractivity contribution < 1.29 is 8.81 Å². The predicted octanol–water partition coefficient (Wildman–Crippen LogP) is 3.63. The highest BCUT2D eigenvalue weighted by Crippen LogP contribution is 2.25. The molecule has 2 aromatic rings. The predicted molar refractivity (Wildman–Crippen MR) is 67.5 cm³/mol. The zero-order valence-corrected chi connectivity index (χ0v) is 10.5. The van der Waals surface area contributed by atoms with Gasteiger partial charge in [0.05, 0.1) is 6.54 Å². The highest BCUT2D eigenvalue weighted by molar-refractivity contribution is 5.82. The molecule has 17 heavy (non-hydrogen) atoms. The number of aryl methyl sites for hydroxylation is 1. The van der Waals surface area contributed by atoms with Gasteiger partial charge in [-0.15, -0.1) is 0 Å². The summed E-state index contributed by atoms with van der Waals surface area (Å²) >= 11 is 0. The van der Waals surface area contributed by atoms with E-state index in [-0.39, 0.29) is 5.82 Å². The summed E-state index contributed by atoms with van der Waals surface area (Å²) in [4.78, 5) is 0. The summed E-state index contributed by atoms with van der Waals surface area (Å²) < 4.78 is 19.0. The third-order valence-corrected chi connectivity index (χ3v) is 2.76. The molecule has 0 aliphatic carbocycles. The van der Waals surface area contributed by atoms with Crippen LogP contribution in [-0.2, 0) is 6.54 Å². The Labute approximate surface area is 101 Å². The number of fused-ring (bicyclic) bond motifs is 1. The fraction of sp³-hybridized carbons (Fsp3) is 0.429. The van der Waals surface area contributed by atoms with Gasteiger partial charge in [-0.05, 0) is 37.1 Å². The molecule has 0 aliphatic heterocycles. The molecule has 0 unspecified atom stereocenters. The van der Waals surface area contributed by atoms with Crippen LogP contribution in [0.15, 0.2) is 22.6 Å². The SMILES string of the molecule is Cc1ccc(F)c2oc(CNCC(C)C)cc12. The smallest absolute Gasteiger partial charge is 0.170 e. The maximum absolute atomic E-state index is 13.5. The Kier molecular flexibility index (Phi) is 3.48. The summed E-state index contributed by atoms with van der Waals surface area (Å²) in [6.45, 7) is 7.83. The van der Waals surface area contributed by atoms with Crippen LogP contribution in [0.5, 0.6) is 0 Å². The summed E-state index contributed by atoms with van der Waals surface area (Å²) in [5.74, 6) is 1.09. The number of benzene rings is 1. The fourth-order valence-corrected chi connectivity index (χ4v) is 1.85. The maximum Gasteiger partial charge on any atom is 0.170 e. The number of hydrogen-bond donors (Lipinski definition) is 1.